The summed E-state index contributed by atoms with van der Waals surface area (Å²) >= 11 is 0. The molecule has 20 heavy (non-hydrogen) atoms. The van der Waals surface area contributed by atoms with Gasteiger partial charge in [0.05, 0.1) is 19.3 Å². The van der Waals surface area contributed by atoms with E-state index in [0.29, 0.717) is 11.9 Å². The minimum absolute atomic E-state index is 0.0149. The topological polar surface area (TPSA) is 59.9 Å². The van der Waals surface area contributed by atoms with Crippen LogP contribution in [0, 0.1) is 11.7 Å². The van der Waals surface area contributed by atoms with E-state index in [1.165, 1.54) is 7.11 Å². The minimum Gasteiger partial charge on any atom is -0.479 e. The van der Waals surface area contributed by atoms with Gasteiger partial charge in [0.1, 0.15) is 0 Å². The first-order valence-corrected chi connectivity index (χ1v) is 6.34. The zero-order chi connectivity index (χ0) is 14.5. The van der Waals surface area contributed by atoms with Crippen molar-refractivity contribution in [2.24, 2.45) is 5.92 Å². The quantitative estimate of drug-likeness (QED) is 0.910. The van der Waals surface area contributed by atoms with Crippen molar-refractivity contribution in [3.63, 3.8) is 0 Å². The minimum atomic E-state index is -0.583. The number of hydrogen-bond acceptors (Lipinski definition) is 5. The van der Waals surface area contributed by atoms with E-state index in [4.69, 9.17) is 4.74 Å². The van der Waals surface area contributed by atoms with Crippen LogP contribution in [0.1, 0.15) is 25.5 Å². The molecule has 0 bridgehead atoms. The van der Waals surface area contributed by atoms with Gasteiger partial charge in [0, 0.05) is 12.4 Å². The van der Waals surface area contributed by atoms with Gasteiger partial charge < -0.3 is 10.1 Å². The Kier molecular flexibility index (Phi) is 4.45. The molecule has 0 aliphatic heterocycles. The average Bonchev–Trinajstić information content (AvgIpc) is 2.47. The Hall–Kier alpha value is -2.24. The van der Waals surface area contributed by atoms with Gasteiger partial charge in [0.25, 0.3) is 5.88 Å². The van der Waals surface area contributed by atoms with E-state index in [9.17, 15) is 4.39 Å². The third-order valence-electron chi connectivity index (χ3n) is 2.90. The molecule has 2 heterocycles. The van der Waals surface area contributed by atoms with Crippen LogP contribution >= 0.6 is 0 Å². The highest BCUT2D eigenvalue weighted by Gasteiger charge is 2.18. The normalized spacial score (nSPS) is 12.2. The Balaban J connectivity index is 2.25. The summed E-state index contributed by atoms with van der Waals surface area (Å²) in [5.74, 6) is -0.0404. The Morgan fingerprint density at radius 1 is 1.30 bits per heavy atom. The third-order valence-corrected chi connectivity index (χ3v) is 2.90. The van der Waals surface area contributed by atoms with Crippen molar-refractivity contribution in [2.75, 3.05) is 12.4 Å². The molecule has 0 saturated carbocycles. The van der Waals surface area contributed by atoms with Gasteiger partial charge in [-0.2, -0.15) is 9.37 Å². The molecule has 0 aliphatic rings. The molecule has 6 heteroatoms. The number of pyridine rings is 1. The van der Waals surface area contributed by atoms with E-state index in [1.807, 2.05) is 12.1 Å². The van der Waals surface area contributed by atoms with Crippen LogP contribution in [0.5, 0.6) is 5.88 Å². The summed E-state index contributed by atoms with van der Waals surface area (Å²) in [5, 5.41) is 3.19. The maximum absolute atomic E-state index is 13.3. The van der Waals surface area contributed by atoms with Gasteiger partial charge in [-0.3, -0.25) is 4.98 Å². The molecule has 0 radical (unpaired) electrons. The smallest absolute Gasteiger partial charge is 0.255 e. The lowest BCUT2D eigenvalue weighted by molar-refractivity contribution is 0.367. The Bertz CT molecular complexity index is 562. The van der Waals surface area contributed by atoms with E-state index in [0.717, 1.165) is 11.8 Å². The molecule has 2 aromatic rings. The van der Waals surface area contributed by atoms with Gasteiger partial charge in [-0.15, -0.1) is 0 Å². The lowest BCUT2D eigenvalue weighted by atomic mass is 9.98. The Morgan fingerprint density at radius 3 is 2.70 bits per heavy atom. The zero-order valence-electron chi connectivity index (χ0n) is 11.7. The molecule has 1 atom stereocenters. The fourth-order valence-corrected chi connectivity index (χ4v) is 1.90. The molecule has 0 amide bonds. The van der Waals surface area contributed by atoms with Crippen molar-refractivity contribution in [3.05, 3.63) is 42.1 Å². The third kappa shape index (κ3) is 3.20. The second-order valence-corrected chi connectivity index (χ2v) is 4.70. The summed E-state index contributed by atoms with van der Waals surface area (Å²) in [6.07, 6.45) is 4.60. The van der Waals surface area contributed by atoms with Crippen molar-refractivity contribution in [1.29, 1.82) is 0 Å². The molecule has 1 N–H and O–H groups in total. The molecule has 2 rings (SSSR count). The number of ether oxygens (including phenoxy) is 1. The number of rotatable bonds is 5. The van der Waals surface area contributed by atoms with Crippen molar-refractivity contribution < 1.29 is 9.13 Å². The van der Waals surface area contributed by atoms with Crippen molar-refractivity contribution in [2.45, 2.75) is 19.9 Å². The van der Waals surface area contributed by atoms with Gasteiger partial charge in [0.2, 0.25) is 11.8 Å². The van der Waals surface area contributed by atoms with Crippen molar-refractivity contribution in [1.82, 2.24) is 15.0 Å². The number of methoxy groups -OCH3 is 1. The first-order chi connectivity index (χ1) is 9.61. The SMILES string of the molecule is COc1nc(NC(c2cccnc2)C(C)C)ncc1F. The van der Waals surface area contributed by atoms with Gasteiger partial charge in [-0.25, -0.2) is 4.98 Å². The predicted octanol–water partition coefficient (Wildman–Crippen LogP) is 2.83. The number of nitrogens with zero attached hydrogens (tertiary/aromatic N) is 3. The maximum atomic E-state index is 13.3. The molecular weight excluding hydrogens is 259 g/mol. The molecule has 0 spiro atoms. The average molecular weight is 276 g/mol. The molecule has 2 aromatic heterocycles. The summed E-state index contributed by atoms with van der Waals surface area (Å²) in [6, 6.07) is 3.84. The first-order valence-electron chi connectivity index (χ1n) is 6.34. The zero-order valence-corrected chi connectivity index (χ0v) is 11.7. The van der Waals surface area contributed by atoms with Crippen LogP contribution in [-0.2, 0) is 0 Å². The molecule has 5 nitrogen and oxygen atoms in total. The number of halogens is 1. The molecule has 0 aromatic carbocycles. The molecular formula is C14H17FN4O. The van der Waals surface area contributed by atoms with Gasteiger partial charge in [-0.05, 0) is 17.5 Å². The Morgan fingerprint density at radius 2 is 2.10 bits per heavy atom. The van der Waals surface area contributed by atoms with Crippen LogP contribution in [0.25, 0.3) is 0 Å². The number of nitrogens with one attached hydrogen (secondary N) is 1. The molecule has 0 saturated heterocycles. The molecule has 1 unspecified atom stereocenters. The molecule has 106 valence electrons. The maximum Gasteiger partial charge on any atom is 0.255 e. The van der Waals surface area contributed by atoms with E-state index < -0.39 is 5.82 Å². The summed E-state index contributed by atoms with van der Waals surface area (Å²) in [5.41, 5.74) is 1.02. The van der Waals surface area contributed by atoms with Crippen LogP contribution < -0.4 is 10.1 Å². The summed E-state index contributed by atoms with van der Waals surface area (Å²) in [4.78, 5) is 12.0. The Labute approximate surface area is 117 Å². The van der Waals surface area contributed by atoms with Crippen molar-refractivity contribution >= 4 is 5.95 Å². The summed E-state index contributed by atoms with van der Waals surface area (Å²) in [7, 11) is 1.37. The standard InChI is InChI=1S/C14H17FN4O/c1-9(2)12(10-5-4-6-16-7-10)18-14-17-8-11(15)13(19-14)20-3/h4-9,12H,1-3H3,(H,17,18,19). The lowest BCUT2D eigenvalue weighted by Crippen LogP contribution is -2.18. The highest BCUT2D eigenvalue weighted by molar-refractivity contribution is 5.33. The highest BCUT2D eigenvalue weighted by atomic mass is 19.1. The van der Waals surface area contributed by atoms with Gasteiger partial charge in [-0.1, -0.05) is 19.9 Å². The van der Waals surface area contributed by atoms with Crippen LogP contribution in [-0.4, -0.2) is 22.1 Å². The lowest BCUT2D eigenvalue weighted by Gasteiger charge is -2.22. The monoisotopic (exact) mass is 276 g/mol. The van der Waals surface area contributed by atoms with Gasteiger partial charge >= 0.3 is 0 Å². The fourth-order valence-electron chi connectivity index (χ4n) is 1.90. The fraction of sp³-hybridized carbons (Fsp3) is 0.357. The van der Waals surface area contributed by atoms with E-state index in [1.54, 1.807) is 12.4 Å². The first kappa shape index (κ1) is 14.2. The van der Waals surface area contributed by atoms with E-state index >= 15 is 0 Å². The second-order valence-electron chi connectivity index (χ2n) is 4.70. The molecule has 0 aliphatic carbocycles. The summed E-state index contributed by atoms with van der Waals surface area (Å²) < 4.78 is 18.2. The van der Waals surface area contributed by atoms with Crippen molar-refractivity contribution in [3.8, 4) is 5.88 Å². The van der Waals surface area contributed by atoms with E-state index in [2.05, 4.69) is 34.1 Å². The van der Waals surface area contributed by atoms with E-state index in [-0.39, 0.29) is 11.9 Å². The number of hydrogen-bond donors (Lipinski definition) is 1. The largest absolute Gasteiger partial charge is 0.479 e. The van der Waals surface area contributed by atoms with Crippen LogP contribution in [0.4, 0.5) is 10.3 Å². The number of anilines is 1. The van der Waals surface area contributed by atoms with Crippen LogP contribution in [0.15, 0.2) is 30.7 Å². The van der Waals surface area contributed by atoms with Crippen LogP contribution in [0.3, 0.4) is 0 Å². The van der Waals surface area contributed by atoms with Gasteiger partial charge in [0.15, 0.2) is 0 Å². The summed E-state index contributed by atoms with van der Waals surface area (Å²) in [6.45, 7) is 4.15. The second kappa shape index (κ2) is 6.27. The molecule has 0 fully saturated rings. The highest BCUT2D eigenvalue weighted by Crippen LogP contribution is 2.25. The number of aromatic nitrogens is 3. The van der Waals surface area contributed by atoms with Crippen LogP contribution in [0.2, 0.25) is 0 Å². The predicted molar refractivity (Wildman–Crippen MR) is 74.0 cm³/mol.